The van der Waals surface area contributed by atoms with Crippen LogP contribution in [0.4, 0.5) is 0 Å². The number of aromatic nitrogens is 1. The highest BCUT2D eigenvalue weighted by atomic mass is 32.1. The van der Waals surface area contributed by atoms with Gasteiger partial charge < -0.3 is 9.64 Å². The Hall–Kier alpha value is -1.24. The number of carbonyl (C=O) groups excluding carboxylic acids is 1. The average Bonchev–Trinajstić information content (AvgIpc) is 3.10. The van der Waals surface area contributed by atoms with Gasteiger partial charge in [0.2, 0.25) is 0 Å². The minimum absolute atomic E-state index is 0.00621. The first-order valence-corrected chi connectivity index (χ1v) is 8.33. The van der Waals surface area contributed by atoms with Crippen LogP contribution >= 0.6 is 22.7 Å². The summed E-state index contributed by atoms with van der Waals surface area (Å²) in [6, 6.07) is 4.12. The summed E-state index contributed by atoms with van der Waals surface area (Å²) in [6.45, 7) is 5.22. The van der Waals surface area contributed by atoms with E-state index < -0.39 is 0 Å². The van der Waals surface area contributed by atoms with Crippen molar-refractivity contribution in [1.29, 1.82) is 0 Å². The molecular formula is C14H16N2O2S2. The molecule has 3 heterocycles. The second kappa shape index (κ2) is 5.63. The molecule has 1 aliphatic heterocycles. The van der Waals surface area contributed by atoms with Crippen LogP contribution in [0.5, 0.6) is 0 Å². The molecule has 4 nitrogen and oxygen atoms in total. The van der Waals surface area contributed by atoms with Gasteiger partial charge in [0.15, 0.2) is 0 Å². The lowest BCUT2D eigenvalue weighted by Gasteiger charge is -2.36. The van der Waals surface area contributed by atoms with Crippen molar-refractivity contribution >= 4 is 28.6 Å². The van der Waals surface area contributed by atoms with Crippen molar-refractivity contribution in [1.82, 2.24) is 9.88 Å². The molecule has 0 aliphatic carbocycles. The third-order valence-electron chi connectivity index (χ3n) is 3.32. The second-order valence-corrected chi connectivity index (χ2v) is 6.77. The van der Waals surface area contributed by atoms with Crippen molar-refractivity contribution < 1.29 is 9.53 Å². The van der Waals surface area contributed by atoms with Gasteiger partial charge >= 0.3 is 0 Å². The molecule has 2 aromatic heterocycles. The molecule has 0 aromatic carbocycles. The summed E-state index contributed by atoms with van der Waals surface area (Å²) in [5.74, 6) is 0.00621. The lowest BCUT2D eigenvalue weighted by Crippen LogP contribution is -2.50. The Kier molecular flexibility index (Phi) is 3.87. The molecule has 20 heavy (non-hydrogen) atoms. The Morgan fingerprint density at radius 1 is 1.45 bits per heavy atom. The average molecular weight is 308 g/mol. The van der Waals surface area contributed by atoms with Gasteiger partial charge in [0.25, 0.3) is 5.91 Å². The molecule has 106 valence electrons. The van der Waals surface area contributed by atoms with E-state index in [4.69, 9.17) is 4.74 Å². The molecule has 0 saturated carbocycles. The summed E-state index contributed by atoms with van der Waals surface area (Å²) in [5.41, 5.74) is 0.541. The zero-order valence-corrected chi connectivity index (χ0v) is 13.0. The zero-order valence-electron chi connectivity index (χ0n) is 11.4. The molecular weight excluding hydrogens is 292 g/mol. The van der Waals surface area contributed by atoms with Crippen molar-refractivity contribution in [2.45, 2.75) is 26.0 Å². The van der Waals surface area contributed by atoms with Crippen LogP contribution in [0.3, 0.4) is 0 Å². The summed E-state index contributed by atoms with van der Waals surface area (Å²) >= 11 is 3.16. The molecule has 1 amide bonds. The second-order valence-electron chi connectivity index (χ2n) is 4.97. The van der Waals surface area contributed by atoms with Crippen molar-refractivity contribution in [2.24, 2.45) is 0 Å². The molecule has 2 atom stereocenters. The van der Waals surface area contributed by atoms with E-state index in [2.05, 4.69) is 4.98 Å². The molecule has 0 radical (unpaired) electrons. The van der Waals surface area contributed by atoms with E-state index in [0.717, 1.165) is 9.88 Å². The van der Waals surface area contributed by atoms with Gasteiger partial charge in [-0.25, -0.2) is 4.98 Å². The van der Waals surface area contributed by atoms with Crippen molar-refractivity contribution in [2.75, 3.05) is 13.2 Å². The van der Waals surface area contributed by atoms with Crippen LogP contribution in [-0.2, 0) is 4.74 Å². The first-order chi connectivity index (χ1) is 9.65. The van der Waals surface area contributed by atoms with E-state index in [1.54, 1.807) is 11.3 Å². The predicted molar refractivity (Wildman–Crippen MR) is 81.3 cm³/mol. The Bertz CT molecular complexity index is 594. The molecule has 1 saturated heterocycles. The van der Waals surface area contributed by atoms with E-state index in [1.165, 1.54) is 11.3 Å². The number of hydrogen-bond acceptors (Lipinski definition) is 5. The molecule has 2 unspecified atom stereocenters. The van der Waals surface area contributed by atoms with Crippen LogP contribution in [0.2, 0.25) is 0 Å². The number of carbonyl (C=O) groups is 1. The fraction of sp³-hybridized carbons (Fsp3) is 0.429. The van der Waals surface area contributed by atoms with Gasteiger partial charge in [-0.3, -0.25) is 4.79 Å². The Morgan fingerprint density at radius 3 is 3.05 bits per heavy atom. The monoisotopic (exact) mass is 308 g/mol. The van der Waals surface area contributed by atoms with Gasteiger partial charge in [-0.1, -0.05) is 6.07 Å². The number of thiazole rings is 1. The van der Waals surface area contributed by atoms with Gasteiger partial charge in [0.1, 0.15) is 10.7 Å². The minimum Gasteiger partial charge on any atom is -0.375 e. The minimum atomic E-state index is 0.00621. The van der Waals surface area contributed by atoms with Gasteiger partial charge in [-0.15, -0.1) is 22.7 Å². The number of nitrogens with zero attached hydrogens (tertiary/aromatic N) is 2. The third-order valence-corrected chi connectivity index (χ3v) is 5.21. The lowest BCUT2D eigenvalue weighted by atomic mass is 10.2. The van der Waals surface area contributed by atoms with E-state index in [-0.39, 0.29) is 18.1 Å². The van der Waals surface area contributed by atoms with Crippen LogP contribution in [0.1, 0.15) is 24.3 Å². The highest BCUT2D eigenvalue weighted by molar-refractivity contribution is 7.20. The number of thiophene rings is 1. The Morgan fingerprint density at radius 2 is 2.30 bits per heavy atom. The molecule has 1 fully saturated rings. The molecule has 0 bridgehead atoms. The SMILES string of the molecule is CC1CN(C(=O)c2csc(-c3cccs3)n2)C(C)CO1. The molecule has 0 spiro atoms. The maximum atomic E-state index is 12.6. The van der Waals surface area contributed by atoms with E-state index >= 15 is 0 Å². The standard InChI is InChI=1S/C14H16N2O2S2/c1-9-7-18-10(2)6-16(9)14(17)11-8-20-13(15-11)12-4-3-5-19-12/h3-5,8-10H,6-7H2,1-2H3. The van der Waals surface area contributed by atoms with E-state index in [1.807, 2.05) is 41.6 Å². The quantitative estimate of drug-likeness (QED) is 0.856. The lowest BCUT2D eigenvalue weighted by molar-refractivity contribution is -0.0388. The van der Waals surface area contributed by atoms with Crippen molar-refractivity contribution in [3.05, 3.63) is 28.6 Å². The van der Waals surface area contributed by atoms with Crippen LogP contribution < -0.4 is 0 Å². The molecule has 1 aliphatic rings. The molecule has 2 aromatic rings. The smallest absolute Gasteiger partial charge is 0.273 e. The fourth-order valence-electron chi connectivity index (χ4n) is 2.22. The zero-order chi connectivity index (χ0) is 14.1. The number of rotatable bonds is 2. The van der Waals surface area contributed by atoms with Crippen LogP contribution in [0.15, 0.2) is 22.9 Å². The number of ether oxygens (including phenoxy) is 1. The highest BCUT2D eigenvalue weighted by Gasteiger charge is 2.29. The van der Waals surface area contributed by atoms with Crippen LogP contribution in [0.25, 0.3) is 9.88 Å². The summed E-state index contributed by atoms with van der Waals surface area (Å²) in [7, 11) is 0. The largest absolute Gasteiger partial charge is 0.375 e. The van der Waals surface area contributed by atoms with Crippen LogP contribution in [0, 0.1) is 0 Å². The molecule has 3 rings (SSSR count). The molecule has 6 heteroatoms. The van der Waals surface area contributed by atoms with Gasteiger partial charge in [-0.2, -0.15) is 0 Å². The number of morpholine rings is 1. The predicted octanol–water partition coefficient (Wildman–Crippen LogP) is 3.12. The summed E-state index contributed by atoms with van der Waals surface area (Å²) in [5, 5.41) is 4.78. The first-order valence-electron chi connectivity index (χ1n) is 6.57. The van der Waals surface area contributed by atoms with Gasteiger partial charge in [0, 0.05) is 11.9 Å². The number of amides is 1. The third kappa shape index (κ3) is 2.63. The molecule has 0 N–H and O–H groups in total. The van der Waals surface area contributed by atoms with Crippen molar-refractivity contribution in [3.8, 4) is 9.88 Å². The summed E-state index contributed by atoms with van der Waals surface area (Å²) < 4.78 is 5.56. The van der Waals surface area contributed by atoms with E-state index in [0.29, 0.717) is 18.8 Å². The van der Waals surface area contributed by atoms with Gasteiger partial charge in [-0.05, 0) is 25.3 Å². The maximum absolute atomic E-state index is 12.6. The number of hydrogen-bond donors (Lipinski definition) is 0. The van der Waals surface area contributed by atoms with E-state index in [9.17, 15) is 4.79 Å². The summed E-state index contributed by atoms with van der Waals surface area (Å²) in [4.78, 5) is 20.0. The maximum Gasteiger partial charge on any atom is 0.273 e. The van der Waals surface area contributed by atoms with Crippen molar-refractivity contribution in [3.63, 3.8) is 0 Å². The highest BCUT2D eigenvalue weighted by Crippen LogP contribution is 2.28. The first kappa shape index (κ1) is 13.7. The Labute approximate surface area is 126 Å². The van der Waals surface area contributed by atoms with Crippen LogP contribution in [-0.4, -0.2) is 41.1 Å². The van der Waals surface area contributed by atoms with Gasteiger partial charge in [0.05, 0.1) is 23.6 Å². The normalized spacial score (nSPS) is 23.0. The topological polar surface area (TPSA) is 42.4 Å². The fourth-order valence-corrected chi connectivity index (χ4v) is 3.83. The summed E-state index contributed by atoms with van der Waals surface area (Å²) in [6.07, 6.45) is 0.0885. The Balaban J connectivity index is 1.80.